The molecule has 2 rings (SSSR count). The van der Waals surface area contributed by atoms with Crippen LogP contribution in [0.1, 0.15) is 11.4 Å². The van der Waals surface area contributed by atoms with Gasteiger partial charge in [0.2, 0.25) is 15.7 Å². The molecule has 0 aliphatic carbocycles. The van der Waals surface area contributed by atoms with Crippen LogP contribution in [0.3, 0.4) is 0 Å². The standard InChI is InChI=1S/C11H10Cl3N5/c12-11(13,14)8-17-9(15)19-10(18-8)16-6-7-4-2-1-3-5-7/h1-5H,6H2,(H3,15,16,17,18,19). The number of rotatable bonds is 3. The summed E-state index contributed by atoms with van der Waals surface area (Å²) in [5, 5.41) is 3.00. The van der Waals surface area contributed by atoms with Crippen LogP contribution in [0.15, 0.2) is 30.3 Å². The van der Waals surface area contributed by atoms with Gasteiger partial charge >= 0.3 is 0 Å². The zero-order chi connectivity index (χ0) is 13.9. The Bertz CT molecular complexity index is 556. The zero-order valence-electron chi connectivity index (χ0n) is 9.65. The molecule has 8 heteroatoms. The molecule has 1 aromatic carbocycles. The minimum atomic E-state index is -1.74. The van der Waals surface area contributed by atoms with Gasteiger partial charge in [-0.15, -0.1) is 0 Å². The molecule has 0 atom stereocenters. The fraction of sp³-hybridized carbons (Fsp3) is 0.182. The molecule has 0 amide bonds. The van der Waals surface area contributed by atoms with Crippen LogP contribution in [-0.4, -0.2) is 15.0 Å². The third-order valence-electron chi connectivity index (χ3n) is 2.20. The molecule has 100 valence electrons. The lowest BCUT2D eigenvalue weighted by Gasteiger charge is -2.11. The largest absolute Gasteiger partial charge is 0.368 e. The Morgan fingerprint density at radius 3 is 2.37 bits per heavy atom. The van der Waals surface area contributed by atoms with Crippen LogP contribution in [-0.2, 0) is 10.3 Å². The number of nitrogens with zero attached hydrogens (tertiary/aromatic N) is 3. The van der Waals surface area contributed by atoms with Crippen molar-refractivity contribution in [2.45, 2.75) is 10.3 Å². The van der Waals surface area contributed by atoms with E-state index in [1.54, 1.807) is 0 Å². The second-order valence-electron chi connectivity index (χ2n) is 3.68. The first-order valence-corrected chi connectivity index (χ1v) is 6.45. The van der Waals surface area contributed by atoms with Gasteiger partial charge < -0.3 is 11.1 Å². The van der Waals surface area contributed by atoms with Crippen LogP contribution >= 0.6 is 34.8 Å². The third-order valence-corrected chi connectivity index (χ3v) is 2.71. The molecule has 0 spiro atoms. The number of nitrogen functional groups attached to an aromatic ring is 1. The molecular formula is C11H10Cl3N5. The van der Waals surface area contributed by atoms with Crippen LogP contribution < -0.4 is 11.1 Å². The highest BCUT2D eigenvalue weighted by Gasteiger charge is 2.27. The average molecular weight is 319 g/mol. The Morgan fingerprint density at radius 2 is 1.74 bits per heavy atom. The van der Waals surface area contributed by atoms with Gasteiger partial charge in [-0.25, -0.2) is 0 Å². The van der Waals surface area contributed by atoms with Gasteiger partial charge in [0.05, 0.1) is 0 Å². The molecule has 0 aliphatic heterocycles. The molecule has 0 radical (unpaired) electrons. The number of alkyl halides is 3. The van der Waals surface area contributed by atoms with Crippen LogP contribution in [0.4, 0.5) is 11.9 Å². The molecule has 0 bridgehead atoms. The Morgan fingerprint density at radius 1 is 1.05 bits per heavy atom. The second kappa shape index (κ2) is 5.77. The molecule has 0 aliphatic rings. The molecular weight excluding hydrogens is 309 g/mol. The fourth-order valence-electron chi connectivity index (χ4n) is 1.38. The molecule has 19 heavy (non-hydrogen) atoms. The van der Waals surface area contributed by atoms with Crippen molar-refractivity contribution < 1.29 is 0 Å². The highest BCUT2D eigenvalue weighted by Crippen LogP contribution is 2.36. The first-order valence-electron chi connectivity index (χ1n) is 5.32. The minimum absolute atomic E-state index is 0.00751. The Labute approximate surface area is 125 Å². The highest BCUT2D eigenvalue weighted by atomic mass is 35.6. The van der Waals surface area contributed by atoms with Gasteiger partial charge in [0.1, 0.15) is 0 Å². The summed E-state index contributed by atoms with van der Waals surface area (Å²) < 4.78 is -1.74. The van der Waals surface area contributed by atoms with E-state index in [4.69, 9.17) is 40.5 Å². The summed E-state index contributed by atoms with van der Waals surface area (Å²) >= 11 is 17.1. The van der Waals surface area contributed by atoms with Gasteiger partial charge in [0, 0.05) is 6.54 Å². The van der Waals surface area contributed by atoms with Crippen molar-refractivity contribution in [2.24, 2.45) is 0 Å². The van der Waals surface area contributed by atoms with Crippen molar-refractivity contribution in [1.29, 1.82) is 0 Å². The van der Waals surface area contributed by atoms with Crippen molar-refractivity contribution in [3.05, 3.63) is 41.7 Å². The number of benzene rings is 1. The number of nitrogens with two attached hydrogens (primary N) is 1. The van der Waals surface area contributed by atoms with E-state index in [-0.39, 0.29) is 17.7 Å². The lowest BCUT2D eigenvalue weighted by atomic mass is 10.2. The molecule has 0 unspecified atom stereocenters. The van der Waals surface area contributed by atoms with E-state index in [1.165, 1.54) is 0 Å². The Hall–Kier alpha value is -1.30. The lowest BCUT2D eigenvalue weighted by molar-refractivity contribution is 0.917. The molecule has 0 saturated carbocycles. The Balaban J connectivity index is 2.15. The van der Waals surface area contributed by atoms with Crippen LogP contribution in [0.25, 0.3) is 0 Å². The van der Waals surface area contributed by atoms with E-state index in [1.807, 2.05) is 30.3 Å². The average Bonchev–Trinajstić information content (AvgIpc) is 2.36. The van der Waals surface area contributed by atoms with Crippen molar-refractivity contribution in [2.75, 3.05) is 11.1 Å². The number of aromatic nitrogens is 3. The summed E-state index contributed by atoms with van der Waals surface area (Å²) in [6.07, 6.45) is 0. The highest BCUT2D eigenvalue weighted by molar-refractivity contribution is 6.66. The monoisotopic (exact) mass is 317 g/mol. The number of hydrogen-bond acceptors (Lipinski definition) is 5. The maximum atomic E-state index is 5.71. The van der Waals surface area contributed by atoms with Crippen molar-refractivity contribution in [3.8, 4) is 0 Å². The smallest absolute Gasteiger partial charge is 0.250 e. The zero-order valence-corrected chi connectivity index (χ0v) is 11.9. The Kier molecular flexibility index (Phi) is 4.29. The van der Waals surface area contributed by atoms with Crippen LogP contribution in [0, 0.1) is 0 Å². The number of nitrogens with one attached hydrogen (secondary N) is 1. The summed E-state index contributed by atoms with van der Waals surface area (Å²) in [6.45, 7) is 0.531. The number of hydrogen-bond donors (Lipinski definition) is 2. The predicted molar refractivity (Wildman–Crippen MR) is 77.2 cm³/mol. The molecule has 2 aromatic rings. The molecule has 5 nitrogen and oxygen atoms in total. The van der Waals surface area contributed by atoms with Crippen molar-refractivity contribution in [3.63, 3.8) is 0 Å². The van der Waals surface area contributed by atoms with E-state index in [9.17, 15) is 0 Å². The van der Waals surface area contributed by atoms with Gasteiger partial charge in [0.15, 0.2) is 5.82 Å². The minimum Gasteiger partial charge on any atom is -0.368 e. The summed E-state index contributed by atoms with van der Waals surface area (Å²) in [7, 11) is 0. The van der Waals surface area contributed by atoms with E-state index >= 15 is 0 Å². The predicted octanol–water partition coefficient (Wildman–Crippen LogP) is 2.89. The summed E-state index contributed by atoms with van der Waals surface area (Å²) in [5.41, 5.74) is 6.61. The van der Waals surface area contributed by atoms with Crippen molar-refractivity contribution >= 4 is 46.7 Å². The van der Waals surface area contributed by atoms with Gasteiger partial charge in [-0.3, -0.25) is 0 Å². The normalized spacial score (nSPS) is 11.3. The van der Waals surface area contributed by atoms with Gasteiger partial charge in [0.25, 0.3) is 0 Å². The molecule has 3 N–H and O–H groups in total. The van der Waals surface area contributed by atoms with Crippen LogP contribution in [0.2, 0.25) is 0 Å². The third kappa shape index (κ3) is 4.09. The van der Waals surface area contributed by atoms with Gasteiger partial charge in [-0.05, 0) is 5.56 Å². The number of anilines is 2. The maximum Gasteiger partial charge on any atom is 0.250 e. The first-order chi connectivity index (χ1) is 8.95. The van der Waals surface area contributed by atoms with E-state index in [0.29, 0.717) is 6.54 Å². The molecule has 0 fully saturated rings. The second-order valence-corrected chi connectivity index (χ2v) is 5.96. The van der Waals surface area contributed by atoms with Gasteiger partial charge in [-0.1, -0.05) is 65.1 Å². The molecule has 0 saturated heterocycles. The summed E-state index contributed by atoms with van der Waals surface area (Å²) in [6, 6.07) is 9.74. The molecule has 1 heterocycles. The maximum absolute atomic E-state index is 5.71. The molecule has 1 aromatic heterocycles. The van der Waals surface area contributed by atoms with Crippen molar-refractivity contribution in [1.82, 2.24) is 15.0 Å². The topological polar surface area (TPSA) is 76.7 Å². The summed E-state index contributed by atoms with van der Waals surface area (Å²) in [4.78, 5) is 11.7. The first kappa shape index (κ1) is 14.1. The fourth-order valence-corrected chi connectivity index (χ4v) is 1.63. The SMILES string of the molecule is Nc1nc(NCc2ccccc2)nc(C(Cl)(Cl)Cl)n1. The van der Waals surface area contributed by atoms with E-state index in [0.717, 1.165) is 5.56 Å². The quantitative estimate of drug-likeness (QED) is 0.851. The lowest BCUT2D eigenvalue weighted by Crippen LogP contribution is -2.14. The van der Waals surface area contributed by atoms with Crippen LogP contribution in [0.5, 0.6) is 0 Å². The number of halogens is 3. The van der Waals surface area contributed by atoms with E-state index in [2.05, 4.69) is 20.3 Å². The van der Waals surface area contributed by atoms with E-state index < -0.39 is 3.79 Å². The summed E-state index contributed by atoms with van der Waals surface area (Å²) in [5.74, 6) is 0.241. The van der Waals surface area contributed by atoms with Gasteiger partial charge in [-0.2, -0.15) is 15.0 Å².